The van der Waals surface area contributed by atoms with E-state index in [1.165, 1.54) is 11.1 Å². The lowest BCUT2D eigenvalue weighted by atomic mass is 9.96. The van der Waals surface area contributed by atoms with Crippen molar-refractivity contribution in [3.05, 3.63) is 71.3 Å². The Labute approximate surface area is 173 Å². The van der Waals surface area contributed by atoms with E-state index in [2.05, 4.69) is 42.7 Å². The number of nitrogens with zero attached hydrogens (tertiary/aromatic N) is 1. The Morgan fingerprint density at radius 2 is 1.69 bits per heavy atom. The Morgan fingerprint density at radius 3 is 2.41 bits per heavy atom. The molecule has 3 rings (SSSR count). The molecular weight excluding hydrogens is 362 g/mol. The van der Waals surface area contributed by atoms with Crippen LogP contribution in [0, 0.1) is 5.92 Å². The van der Waals surface area contributed by atoms with Crippen LogP contribution < -0.4 is 10.6 Å². The van der Waals surface area contributed by atoms with Gasteiger partial charge in [-0.2, -0.15) is 0 Å². The third-order valence-corrected chi connectivity index (χ3v) is 5.45. The minimum absolute atomic E-state index is 0.0359. The van der Waals surface area contributed by atoms with Gasteiger partial charge >= 0.3 is 6.03 Å². The second-order valence-corrected chi connectivity index (χ2v) is 7.97. The molecule has 2 aromatic carbocycles. The van der Waals surface area contributed by atoms with E-state index in [1.807, 2.05) is 41.3 Å². The summed E-state index contributed by atoms with van der Waals surface area (Å²) >= 11 is 0. The maximum Gasteiger partial charge on any atom is 0.315 e. The van der Waals surface area contributed by atoms with Crippen LogP contribution in [0.1, 0.15) is 49.4 Å². The fourth-order valence-corrected chi connectivity index (χ4v) is 3.80. The van der Waals surface area contributed by atoms with Gasteiger partial charge in [0.25, 0.3) is 0 Å². The van der Waals surface area contributed by atoms with Gasteiger partial charge in [-0.25, -0.2) is 4.79 Å². The predicted octanol–water partition coefficient (Wildman–Crippen LogP) is 4.05. The molecule has 1 heterocycles. The largest absolute Gasteiger partial charge is 0.338 e. The summed E-state index contributed by atoms with van der Waals surface area (Å²) in [5.74, 6) is 0.442. The first-order valence-corrected chi connectivity index (χ1v) is 10.5. The standard InChI is InChI=1S/C24H31N3O2/c1-18(2)23(20-10-4-3-5-11-20)26-24(29)25-15-8-13-22(28)27-16-14-19-9-6-7-12-21(19)17-27/h3-7,9-12,18,23H,8,13-17H2,1-2H3,(H2,25,26,29). The Hall–Kier alpha value is -2.82. The number of benzene rings is 2. The highest BCUT2D eigenvalue weighted by molar-refractivity contribution is 5.77. The first kappa shape index (κ1) is 20.9. The molecule has 0 aliphatic carbocycles. The maximum absolute atomic E-state index is 12.5. The minimum Gasteiger partial charge on any atom is -0.338 e. The van der Waals surface area contributed by atoms with E-state index >= 15 is 0 Å². The molecule has 1 aliphatic heterocycles. The monoisotopic (exact) mass is 393 g/mol. The summed E-state index contributed by atoms with van der Waals surface area (Å²) in [6.07, 6.45) is 2.01. The molecule has 154 valence electrons. The zero-order valence-corrected chi connectivity index (χ0v) is 17.4. The van der Waals surface area contributed by atoms with Gasteiger partial charge in [-0.05, 0) is 35.4 Å². The Morgan fingerprint density at radius 1 is 1.00 bits per heavy atom. The molecule has 1 unspecified atom stereocenters. The highest BCUT2D eigenvalue weighted by atomic mass is 16.2. The van der Waals surface area contributed by atoms with Crippen LogP contribution in [0.4, 0.5) is 4.79 Å². The van der Waals surface area contributed by atoms with E-state index in [9.17, 15) is 9.59 Å². The molecule has 0 saturated heterocycles. The van der Waals surface area contributed by atoms with Gasteiger partial charge in [0.1, 0.15) is 0 Å². The Bertz CT molecular complexity index is 820. The summed E-state index contributed by atoms with van der Waals surface area (Å²) in [4.78, 5) is 26.7. The maximum atomic E-state index is 12.5. The van der Waals surface area contributed by atoms with Crippen LogP contribution >= 0.6 is 0 Å². The molecule has 29 heavy (non-hydrogen) atoms. The minimum atomic E-state index is -0.188. The highest BCUT2D eigenvalue weighted by Crippen LogP contribution is 2.21. The van der Waals surface area contributed by atoms with Crippen LogP contribution in [0.15, 0.2) is 54.6 Å². The summed E-state index contributed by atoms with van der Waals surface area (Å²) in [6.45, 7) is 6.13. The molecule has 0 radical (unpaired) electrons. The van der Waals surface area contributed by atoms with Crippen molar-refractivity contribution in [2.45, 2.75) is 45.7 Å². The van der Waals surface area contributed by atoms with E-state index < -0.39 is 0 Å². The summed E-state index contributed by atoms with van der Waals surface area (Å²) in [5, 5.41) is 5.94. The van der Waals surface area contributed by atoms with Crippen molar-refractivity contribution in [2.75, 3.05) is 13.1 Å². The molecule has 5 heteroatoms. The van der Waals surface area contributed by atoms with Gasteiger partial charge in [-0.1, -0.05) is 68.4 Å². The molecule has 0 saturated carbocycles. The van der Waals surface area contributed by atoms with Crippen molar-refractivity contribution in [2.24, 2.45) is 5.92 Å². The molecule has 3 amide bonds. The zero-order valence-electron chi connectivity index (χ0n) is 17.4. The number of carbonyl (C=O) groups excluding carboxylic acids is 2. The number of nitrogens with one attached hydrogen (secondary N) is 2. The van der Waals surface area contributed by atoms with Crippen molar-refractivity contribution in [3.63, 3.8) is 0 Å². The molecule has 1 aliphatic rings. The molecule has 0 fully saturated rings. The van der Waals surface area contributed by atoms with Crippen LogP contribution in [0.5, 0.6) is 0 Å². The number of hydrogen-bond donors (Lipinski definition) is 2. The summed E-state index contributed by atoms with van der Waals surface area (Å²) < 4.78 is 0. The highest BCUT2D eigenvalue weighted by Gasteiger charge is 2.20. The fourth-order valence-electron chi connectivity index (χ4n) is 3.80. The lowest BCUT2D eigenvalue weighted by Crippen LogP contribution is -2.40. The van der Waals surface area contributed by atoms with Gasteiger partial charge in [-0.3, -0.25) is 4.79 Å². The average Bonchev–Trinajstić information content (AvgIpc) is 2.75. The van der Waals surface area contributed by atoms with Gasteiger partial charge < -0.3 is 15.5 Å². The van der Waals surface area contributed by atoms with E-state index in [1.54, 1.807) is 0 Å². The summed E-state index contributed by atoms with van der Waals surface area (Å²) in [5.41, 5.74) is 3.68. The summed E-state index contributed by atoms with van der Waals surface area (Å²) in [7, 11) is 0. The zero-order chi connectivity index (χ0) is 20.6. The lowest BCUT2D eigenvalue weighted by Gasteiger charge is -2.29. The van der Waals surface area contributed by atoms with Gasteiger partial charge in [0, 0.05) is 26.1 Å². The van der Waals surface area contributed by atoms with Crippen molar-refractivity contribution >= 4 is 11.9 Å². The number of hydrogen-bond acceptors (Lipinski definition) is 2. The van der Waals surface area contributed by atoms with Crippen molar-refractivity contribution in [1.82, 2.24) is 15.5 Å². The normalized spacial score (nSPS) is 14.2. The van der Waals surface area contributed by atoms with E-state index in [-0.39, 0.29) is 23.9 Å². The molecule has 0 bridgehead atoms. The van der Waals surface area contributed by atoms with Crippen molar-refractivity contribution < 1.29 is 9.59 Å². The molecule has 2 N–H and O–H groups in total. The average molecular weight is 394 g/mol. The Balaban J connectivity index is 1.40. The predicted molar refractivity (Wildman–Crippen MR) is 115 cm³/mol. The quantitative estimate of drug-likeness (QED) is 0.697. The lowest BCUT2D eigenvalue weighted by molar-refractivity contribution is -0.132. The van der Waals surface area contributed by atoms with Gasteiger partial charge in [0.2, 0.25) is 5.91 Å². The molecule has 1 atom stereocenters. The van der Waals surface area contributed by atoms with Gasteiger partial charge in [0.15, 0.2) is 0 Å². The third-order valence-electron chi connectivity index (χ3n) is 5.45. The van der Waals surface area contributed by atoms with E-state index in [0.717, 1.165) is 18.5 Å². The first-order valence-electron chi connectivity index (χ1n) is 10.5. The van der Waals surface area contributed by atoms with Gasteiger partial charge in [0.05, 0.1) is 6.04 Å². The molecule has 0 spiro atoms. The molecule has 5 nitrogen and oxygen atoms in total. The second-order valence-electron chi connectivity index (χ2n) is 7.97. The second kappa shape index (κ2) is 10.1. The Kier molecular flexibility index (Phi) is 7.28. The number of carbonyl (C=O) groups is 2. The van der Waals surface area contributed by atoms with Crippen LogP contribution in [0.25, 0.3) is 0 Å². The van der Waals surface area contributed by atoms with Crippen LogP contribution in [-0.4, -0.2) is 29.9 Å². The van der Waals surface area contributed by atoms with E-state index in [0.29, 0.717) is 25.9 Å². The summed E-state index contributed by atoms with van der Waals surface area (Å²) in [6, 6.07) is 18.1. The number of urea groups is 1. The topological polar surface area (TPSA) is 61.4 Å². The molecular formula is C24H31N3O2. The number of rotatable bonds is 7. The smallest absolute Gasteiger partial charge is 0.315 e. The first-order chi connectivity index (χ1) is 14.0. The third kappa shape index (κ3) is 5.83. The van der Waals surface area contributed by atoms with Crippen molar-refractivity contribution in [3.8, 4) is 0 Å². The number of fused-ring (bicyclic) bond motifs is 1. The van der Waals surface area contributed by atoms with Crippen molar-refractivity contribution in [1.29, 1.82) is 0 Å². The molecule has 2 aromatic rings. The SMILES string of the molecule is CC(C)C(NC(=O)NCCCC(=O)N1CCc2ccccc2C1)c1ccccc1. The molecule has 0 aromatic heterocycles. The number of amides is 3. The van der Waals surface area contributed by atoms with Gasteiger partial charge in [-0.15, -0.1) is 0 Å². The van der Waals surface area contributed by atoms with Crippen LogP contribution in [-0.2, 0) is 17.8 Å². The van der Waals surface area contributed by atoms with Crippen LogP contribution in [0.2, 0.25) is 0 Å². The van der Waals surface area contributed by atoms with E-state index in [4.69, 9.17) is 0 Å². The van der Waals surface area contributed by atoms with Crippen LogP contribution in [0.3, 0.4) is 0 Å². The fraction of sp³-hybridized carbons (Fsp3) is 0.417.